The summed E-state index contributed by atoms with van der Waals surface area (Å²) in [6.07, 6.45) is 8.06. The lowest BCUT2D eigenvalue weighted by molar-refractivity contribution is -0.189. The number of aromatic amines is 1. The van der Waals surface area contributed by atoms with Crippen LogP contribution in [0, 0.1) is 11.8 Å². The molecule has 1 N–H and O–H groups in total. The van der Waals surface area contributed by atoms with E-state index >= 15 is 0 Å². The number of carbonyl (C=O) groups is 1. The normalized spacial score (nSPS) is 26.5. The van der Waals surface area contributed by atoms with Crippen LogP contribution >= 0.6 is 0 Å². The molecular weight excluding hydrogens is 456 g/mol. The van der Waals surface area contributed by atoms with Crippen LogP contribution in [-0.2, 0) is 16.0 Å². The van der Waals surface area contributed by atoms with Gasteiger partial charge in [-0.3, -0.25) is 9.89 Å². The summed E-state index contributed by atoms with van der Waals surface area (Å²) in [5.74, 6) is 2.43. The standard InChI is InChI=1S/C28H40N4O4/c1-28(2)22-15-20-18-32(25(33)10-5-7-19-16-29-30-17-19)12-11-23(20)35-26(22)21-8-6-9-24(27(21)36-28)34-14-13-31(3)4/h6,8-9,16-17,20,22-23,26H,5,7,10-15,18H2,1-4H3,(H,29,30)/t20-,22-,23-,26+/m0/s1. The Morgan fingerprint density at radius 2 is 2.19 bits per heavy atom. The molecule has 1 amide bonds. The van der Waals surface area contributed by atoms with E-state index in [1.807, 2.05) is 38.6 Å². The lowest BCUT2D eigenvalue weighted by atomic mass is 9.70. The molecule has 0 saturated carbocycles. The highest BCUT2D eigenvalue weighted by atomic mass is 16.5. The van der Waals surface area contributed by atoms with Crippen LogP contribution in [0.5, 0.6) is 11.5 Å². The molecule has 2 fully saturated rings. The number of para-hydroxylation sites is 1. The summed E-state index contributed by atoms with van der Waals surface area (Å²) >= 11 is 0. The van der Waals surface area contributed by atoms with Crippen molar-refractivity contribution in [2.24, 2.45) is 11.8 Å². The van der Waals surface area contributed by atoms with Crippen LogP contribution < -0.4 is 9.47 Å². The average Bonchev–Trinajstić information content (AvgIpc) is 3.36. The van der Waals surface area contributed by atoms with E-state index in [0.29, 0.717) is 18.9 Å². The highest BCUT2D eigenvalue weighted by Crippen LogP contribution is 2.55. The van der Waals surface area contributed by atoms with Crippen LogP contribution in [0.1, 0.15) is 56.8 Å². The fraction of sp³-hybridized carbons (Fsp3) is 0.643. The van der Waals surface area contributed by atoms with Gasteiger partial charge in [0.25, 0.3) is 0 Å². The minimum absolute atomic E-state index is 0.0142. The zero-order valence-electron chi connectivity index (χ0n) is 22.0. The molecule has 5 rings (SSSR count). The molecule has 0 bridgehead atoms. The topological polar surface area (TPSA) is 79.9 Å². The molecule has 3 aliphatic rings. The van der Waals surface area contributed by atoms with Gasteiger partial charge in [-0.25, -0.2) is 0 Å². The molecule has 2 saturated heterocycles. The van der Waals surface area contributed by atoms with Crippen molar-refractivity contribution < 1.29 is 19.0 Å². The first kappa shape index (κ1) is 25.1. The predicted molar refractivity (Wildman–Crippen MR) is 137 cm³/mol. The van der Waals surface area contributed by atoms with E-state index in [0.717, 1.165) is 67.9 Å². The number of ether oxygens (including phenoxy) is 3. The largest absolute Gasteiger partial charge is 0.488 e. The fourth-order valence-electron chi connectivity index (χ4n) is 5.99. The molecule has 0 spiro atoms. The summed E-state index contributed by atoms with van der Waals surface area (Å²) in [5, 5.41) is 6.82. The van der Waals surface area contributed by atoms with Crippen molar-refractivity contribution in [1.29, 1.82) is 0 Å². The van der Waals surface area contributed by atoms with Crippen molar-refractivity contribution in [2.45, 2.75) is 63.8 Å². The molecule has 0 aliphatic carbocycles. The van der Waals surface area contributed by atoms with Crippen LogP contribution in [0.25, 0.3) is 0 Å². The van der Waals surface area contributed by atoms with Crippen molar-refractivity contribution in [3.63, 3.8) is 0 Å². The van der Waals surface area contributed by atoms with Crippen molar-refractivity contribution in [3.8, 4) is 11.5 Å². The molecule has 1 aromatic heterocycles. The SMILES string of the molecule is CN(C)CCOc1cccc2c1OC(C)(C)[C@H]1C[C@H]3CN(C(=O)CCCc4cn[nH]c4)CC[C@@H]3O[C@H]21. The van der Waals surface area contributed by atoms with Gasteiger partial charge in [-0.15, -0.1) is 0 Å². The number of likely N-dealkylation sites (tertiary alicyclic amines) is 1. The van der Waals surface area contributed by atoms with E-state index < -0.39 is 0 Å². The fourth-order valence-corrected chi connectivity index (χ4v) is 5.99. The molecule has 0 unspecified atom stereocenters. The number of amides is 1. The van der Waals surface area contributed by atoms with E-state index in [1.165, 1.54) is 0 Å². The maximum Gasteiger partial charge on any atom is 0.222 e. The highest BCUT2D eigenvalue weighted by Gasteiger charge is 2.52. The molecule has 8 nitrogen and oxygen atoms in total. The number of likely N-dealkylation sites (N-methyl/N-ethyl adjacent to an activating group) is 1. The van der Waals surface area contributed by atoms with Gasteiger partial charge in [-0.05, 0) is 65.3 Å². The number of hydrogen-bond acceptors (Lipinski definition) is 6. The second kappa shape index (κ2) is 10.4. The number of carbonyl (C=O) groups excluding carboxylic acids is 1. The molecule has 196 valence electrons. The number of piperidine rings is 1. The van der Waals surface area contributed by atoms with Gasteiger partial charge in [0.1, 0.15) is 12.2 Å². The number of aromatic nitrogens is 2. The molecule has 1 aromatic carbocycles. The van der Waals surface area contributed by atoms with Gasteiger partial charge in [-0.2, -0.15) is 5.10 Å². The molecular formula is C28H40N4O4. The number of fused-ring (bicyclic) bond motifs is 4. The van der Waals surface area contributed by atoms with Gasteiger partial charge in [0.2, 0.25) is 5.91 Å². The number of benzene rings is 1. The van der Waals surface area contributed by atoms with Crippen LogP contribution in [0.4, 0.5) is 0 Å². The van der Waals surface area contributed by atoms with Crippen molar-refractivity contribution in [3.05, 3.63) is 41.7 Å². The van der Waals surface area contributed by atoms with Gasteiger partial charge < -0.3 is 24.0 Å². The third-order valence-electron chi connectivity index (χ3n) is 8.04. The number of rotatable bonds is 8. The summed E-state index contributed by atoms with van der Waals surface area (Å²) < 4.78 is 19.6. The van der Waals surface area contributed by atoms with Gasteiger partial charge in [0.05, 0.1) is 18.4 Å². The van der Waals surface area contributed by atoms with Crippen LogP contribution in [-0.4, -0.2) is 77.9 Å². The molecule has 8 heteroatoms. The number of nitrogens with one attached hydrogen (secondary N) is 1. The van der Waals surface area contributed by atoms with Crippen molar-refractivity contribution in [2.75, 3.05) is 40.3 Å². The van der Waals surface area contributed by atoms with Crippen molar-refractivity contribution >= 4 is 5.91 Å². The maximum absolute atomic E-state index is 13.0. The Morgan fingerprint density at radius 3 is 2.97 bits per heavy atom. The number of hydrogen-bond donors (Lipinski definition) is 1. The summed E-state index contributed by atoms with van der Waals surface area (Å²) in [6, 6.07) is 6.16. The molecule has 2 aromatic rings. The molecule has 36 heavy (non-hydrogen) atoms. The predicted octanol–water partition coefficient (Wildman–Crippen LogP) is 3.84. The van der Waals surface area contributed by atoms with E-state index in [4.69, 9.17) is 14.2 Å². The Hall–Kier alpha value is -2.58. The van der Waals surface area contributed by atoms with Crippen LogP contribution in [0.3, 0.4) is 0 Å². The summed E-state index contributed by atoms with van der Waals surface area (Å²) in [7, 11) is 4.08. The third-order valence-corrected chi connectivity index (χ3v) is 8.04. The molecule has 4 heterocycles. The first-order valence-corrected chi connectivity index (χ1v) is 13.3. The van der Waals surface area contributed by atoms with Crippen molar-refractivity contribution in [1.82, 2.24) is 20.0 Å². The van der Waals surface area contributed by atoms with E-state index in [-0.39, 0.29) is 29.6 Å². The number of H-pyrrole nitrogens is 1. The Morgan fingerprint density at radius 1 is 1.33 bits per heavy atom. The Bertz CT molecular complexity index is 1040. The second-order valence-corrected chi connectivity index (χ2v) is 11.3. The van der Waals surface area contributed by atoms with Gasteiger partial charge in [0.15, 0.2) is 11.5 Å². The molecule has 3 aliphatic heterocycles. The first-order chi connectivity index (χ1) is 17.3. The number of aryl methyl sites for hydroxylation is 1. The third kappa shape index (κ3) is 5.25. The van der Waals surface area contributed by atoms with Gasteiger partial charge in [-0.1, -0.05) is 12.1 Å². The molecule has 4 atom stereocenters. The van der Waals surface area contributed by atoms with Gasteiger partial charge in [0, 0.05) is 49.7 Å². The summed E-state index contributed by atoms with van der Waals surface area (Å²) in [5.41, 5.74) is 1.86. The van der Waals surface area contributed by atoms with Crippen LogP contribution in [0.15, 0.2) is 30.6 Å². The van der Waals surface area contributed by atoms with Gasteiger partial charge >= 0.3 is 0 Å². The molecule has 0 radical (unpaired) electrons. The Labute approximate surface area is 214 Å². The zero-order chi connectivity index (χ0) is 25.3. The Kier molecular flexibility index (Phi) is 7.26. The smallest absolute Gasteiger partial charge is 0.222 e. The Balaban J connectivity index is 1.24. The van der Waals surface area contributed by atoms with Crippen LogP contribution in [0.2, 0.25) is 0 Å². The monoisotopic (exact) mass is 496 g/mol. The van der Waals surface area contributed by atoms with E-state index in [9.17, 15) is 4.79 Å². The van der Waals surface area contributed by atoms with E-state index in [2.05, 4.69) is 39.9 Å². The number of nitrogens with zero attached hydrogens (tertiary/aromatic N) is 3. The second-order valence-electron chi connectivity index (χ2n) is 11.3. The average molecular weight is 497 g/mol. The zero-order valence-corrected chi connectivity index (χ0v) is 22.0. The lowest BCUT2D eigenvalue weighted by Gasteiger charge is -2.53. The first-order valence-electron chi connectivity index (χ1n) is 13.3. The summed E-state index contributed by atoms with van der Waals surface area (Å²) in [4.78, 5) is 17.1. The quantitative estimate of drug-likeness (QED) is 0.598. The minimum atomic E-state index is -0.388. The minimum Gasteiger partial charge on any atom is -0.488 e. The summed E-state index contributed by atoms with van der Waals surface area (Å²) in [6.45, 7) is 7.32. The highest BCUT2D eigenvalue weighted by molar-refractivity contribution is 5.76. The lowest BCUT2D eigenvalue weighted by Crippen LogP contribution is -2.56. The maximum atomic E-state index is 13.0. The van der Waals surface area contributed by atoms with E-state index in [1.54, 1.807) is 0 Å².